The predicted molar refractivity (Wildman–Crippen MR) is 80.1 cm³/mol. The van der Waals surface area contributed by atoms with Crippen molar-refractivity contribution in [1.29, 1.82) is 0 Å². The lowest BCUT2D eigenvalue weighted by molar-refractivity contribution is -0.144. The summed E-state index contributed by atoms with van der Waals surface area (Å²) in [5, 5.41) is 0. The van der Waals surface area contributed by atoms with Gasteiger partial charge in [-0.15, -0.1) is 11.6 Å². The Hall–Kier alpha value is -0.0900. The number of halogens is 1. The molecule has 0 aliphatic carbocycles. The first-order chi connectivity index (χ1) is 9.10. The van der Waals surface area contributed by atoms with Crippen LogP contribution in [-0.4, -0.2) is 29.9 Å². The number of rotatable bonds is 9. The maximum Gasteiger partial charge on any atom is 0.371 e. The van der Waals surface area contributed by atoms with Gasteiger partial charge < -0.3 is 13.8 Å². The minimum atomic E-state index is -3.56. The summed E-state index contributed by atoms with van der Waals surface area (Å²) in [6, 6.07) is 0. The van der Waals surface area contributed by atoms with Crippen molar-refractivity contribution in [3.8, 4) is 0 Å². The van der Waals surface area contributed by atoms with Crippen molar-refractivity contribution in [2.24, 2.45) is 5.92 Å². The summed E-state index contributed by atoms with van der Waals surface area (Å²) in [6.45, 7) is 10.9. The van der Waals surface area contributed by atoms with Crippen LogP contribution in [0.4, 0.5) is 0 Å². The second kappa shape index (κ2) is 9.04. The summed E-state index contributed by atoms with van der Waals surface area (Å²) in [7, 11) is -3.56. The molecule has 0 aromatic heterocycles. The average molecular weight is 329 g/mol. The van der Waals surface area contributed by atoms with Crippen molar-refractivity contribution in [1.82, 2.24) is 0 Å². The van der Waals surface area contributed by atoms with E-state index in [4.69, 9.17) is 25.4 Å². The summed E-state index contributed by atoms with van der Waals surface area (Å²) in [4.78, 5) is 11.4. The van der Waals surface area contributed by atoms with Gasteiger partial charge >= 0.3 is 13.6 Å². The van der Waals surface area contributed by atoms with Gasteiger partial charge in [-0.1, -0.05) is 13.8 Å². The zero-order valence-electron chi connectivity index (χ0n) is 13.1. The highest BCUT2D eigenvalue weighted by molar-refractivity contribution is 7.54. The van der Waals surface area contributed by atoms with E-state index in [-0.39, 0.29) is 24.0 Å². The molecule has 5 nitrogen and oxygen atoms in total. The molecule has 0 saturated heterocycles. The van der Waals surface area contributed by atoms with Gasteiger partial charge in [-0.25, -0.2) is 0 Å². The molecule has 20 heavy (non-hydrogen) atoms. The molecule has 0 saturated carbocycles. The van der Waals surface area contributed by atoms with Crippen LogP contribution in [0, 0.1) is 5.92 Å². The summed E-state index contributed by atoms with van der Waals surface area (Å²) in [5.41, 5.74) is 0. The molecule has 0 bridgehead atoms. The number of alkyl halides is 1. The molecule has 7 heteroatoms. The molecule has 0 N–H and O–H groups in total. The van der Waals surface area contributed by atoms with Crippen LogP contribution in [0.15, 0.2) is 0 Å². The van der Waals surface area contributed by atoms with Gasteiger partial charge in [0, 0.05) is 0 Å². The maximum absolute atomic E-state index is 13.0. The van der Waals surface area contributed by atoms with Crippen molar-refractivity contribution in [2.75, 3.05) is 5.88 Å². The lowest BCUT2D eigenvalue weighted by Crippen LogP contribution is -2.25. The van der Waals surface area contributed by atoms with Gasteiger partial charge in [0.2, 0.25) is 5.85 Å². The Bertz CT molecular complexity index is 330. The largest absolute Gasteiger partial charge is 0.448 e. The van der Waals surface area contributed by atoms with Crippen LogP contribution < -0.4 is 0 Å². The van der Waals surface area contributed by atoms with E-state index in [0.29, 0.717) is 6.42 Å². The van der Waals surface area contributed by atoms with Crippen molar-refractivity contribution in [2.45, 2.75) is 66.0 Å². The highest BCUT2D eigenvalue weighted by atomic mass is 35.5. The molecule has 1 atom stereocenters. The van der Waals surface area contributed by atoms with Crippen molar-refractivity contribution in [3.05, 3.63) is 0 Å². The summed E-state index contributed by atoms with van der Waals surface area (Å²) in [5.74, 6) is -1.68. The molecule has 120 valence electrons. The summed E-state index contributed by atoms with van der Waals surface area (Å²) < 4.78 is 29.1. The first-order valence-electron chi connectivity index (χ1n) is 6.82. The minimum absolute atomic E-state index is 0.169. The van der Waals surface area contributed by atoms with Crippen LogP contribution in [0.5, 0.6) is 0 Å². The highest BCUT2D eigenvalue weighted by Gasteiger charge is 2.41. The smallest absolute Gasteiger partial charge is 0.371 e. The number of esters is 1. The second-order valence-corrected chi connectivity index (χ2v) is 7.90. The Labute approximate surface area is 126 Å². The zero-order valence-corrected chi connectivity index (χ0v) is 14.7. The normalized spacial score (nSPS) is 14.1. The minimum Gasteiger partial charge on any atom is -0.448 e. The number of hydrogen-bond acceptors (Lipinski definition) is 5. The van der Waals surface area contributed by atoms with E-state index in [1.54, 1.807) is 27.7 Å². The fourth-order valence-electron chi connectivity index (χ4n) is 1.58. The van der Waals surface area contributed by atoms with Crippen LogP contribution >= 0.6 is 19.2 Å². The Kier molecular flexibility index (Phi) is 8.99. The van der Waals surface area contributed by atoms with Gasteiger partial charge in [-0.05, 0) is 40.0 Å². The molecule has 0 spiro atoms. The Morgan fingerprint density at radius 3 is 1.80 bits per heavy atom. The van der Waals surface area contributed by atoms with Gasteiger partial charge in [-0.2, -0.15) is 0 Å². The molecular weight excluding hydrogens is 303 g/mol. The van der Waals surface area contributed by atoms with Crippen molar-refractivity contribution in [3.63, 3.8) is 0 Å². The van der Waals surface area contributed by atoms with Crippen LogP contribution in [0.1, 0.15) is 48.0 Å². The fraction of sp³-hybridized carbons (Fsp3) is 0.923. The van der Waals surface area contributed by atoms with E-state index in [1.165, 1.54) is 0 Å². The molecule has 0 aromatic rings. The monoisotopic (exact) mass is 328 g/mol. The molecule has 0 aliphatic rings. The first-order valence-corrected chi connectivity index (χ1v) is 8.97. The molecule has 0 fully saturated rings. The van der Waals surface area contributed by atoms with Gasteiger partial charge in [0.15, 0.2) is 0 Å². The molecule has 0 aliphatic heterocycles. The van der Waals surface area contributed by atoms with Gasteiger partial charge in [0.1, 0.15) is 5.88 Å². The third-order valence-electron chi connectivity index (χ3n) is 2.12. The summed E-state index contributed by atoms with van der Waals surface area (Å²) in [6.07, 6.45) is -0.216. The zero-order chi connectivity index (χ0) is 15.9. The molecule has 0 radical (unpaired) electrons. The van der Waals surface area contributed by atoms with Gasteiger partial charge in [0.05, 0.1) is 12.2 Å². The highest BCUT2D eigenvalue weighted by Crippen LogP contribution is 2.57. The maximum atomic E-state index is 13.0. The lowest BCUT2D eigenvalue weighted by atomic mass is 10.1. The average Bonchev–Trinajstić information content (AvgIpc) is 2.24. The van der Waals surface area contributed by atoms with Crippen LogP contribution in [0.2, 0.25) is 0 Å². The second-order valence-electron chi connectivity index (χ2n) is 5.56. The van der Waals surface area contributed by atoms with Crippen LogP contribution in [-0.2, 0) is 23.1 Å². The molecule has 0 aromatic carbocycles. The van der Waals surface area contributed by atoms with Crippen molar-refractivity contribution >= 4 is 25.2 Å². The molecule has 1 unspecified atom stereocenters. The molecule has 0 amide bonds. The SMILES string of the molecule is CC(C)CC(OC(=O)CCl)P(=O)(OC(C)C)OC(C)C. The van der Waals surface area contributed by atoms with E-state index in [9.17, 15) is 9.36 Å². The number of hydrogen-bond donors (Lipinski definition) is 0. The molecule has 0 rings (SSSR count). The van der Waals surface area contributed by atoms with Gasteiger partial charge in [-0.3, -0.25) is 9.36 Å². The number of carbonyl (C=O) groups excluding carboxylic acids is 1. The summed E-state index contributed by atoms with van der Waals surface area (Å²) >= 11 is 5.45. The number of carbonyl (C=O) groups is 1. The molecular formula is C13H26ClO5P. The first kappa shape index (κ1) is 19.9. The van der Waals surface area contributed by atoms with E-state index >= 15 is 0 Å². The Morgan fingerprint density at radius 1 is 1.05 bits per heavy atom. The van der Waals surface area contributed by atoms with Gasteiger partial charge in [0.25, 0.3) is 0 Å². The number of ether oxygens (including phenoxy) is 1. The van der Waals surface area contributed by atoms with Crippen LogP contribution in [0.25, 0.3) is 0 Å². The van der Waals surface area contributed by atoms with E-state index in [0.717, 1.165) is 0 Å². The predicted octanol–water partition coefficient (Wildman–Crippen LogP) is 4.18. The Morgan fingerprint density at radius 2 is 1.50 bits per heavy atom. The third-order valence-corrected chi connectivity index (χ3v) is 4.79. The van der Waals surface area contributed by atoms with E-state index in [1.807, 2.05) is 13.8 Å². The fourth-order valence-corrected chi connectivity index (χ4v) is 4.06. The van der Waals surface area contributed by atoms with E-state index in [2.05, 4.69) is 0 Å². The lowest BCUT2D eigenvalue weighted by Gasteiger charge is -2.30. The van der Waals surface area contributed by atoms with Crippen molar-refractivity contribution < 1.29 is 23.1 Å². The Balaban J connectivity index is 5.25. The topological polar surface area (TPSA) is 61.8 Å². The van der Waals surface area contributed by atoms with Crippen LogP contribution in [0.3, 0.4) is 0 Å². The molecule has 0 heterocycles. The third kappa shape index (κ3) is 7.63. The standard InChI is InChI=1S/C13H26ClO5P/c1-9(2)7-13(17-12(15)8-14)20(16,18-10(3)4)19-11(5)6/h9-11,13H,7-8H2,1-6H3. The van der Waals surface area contributed by atoms with E-state index < -0.39 is 19.4 Å². The quantitative estimate of drug-likeness (QED) is 0.361.